The average molecular weight is 489 g/mol. The van der Waals surface area contributed by atoms with Crippen molar-refractivity contribution in [3.8, 4) is 0 Å². The molecule has 2 aliphatic rings. The number of nitrogens with zero attached hydrogens (tertiary/aromatic N) is 4. The van der Waals surface area contributed by atoms with Crippen molar-refractivity contribution in [2.75, 3.05) is 13.1 Å². The van der Waals surface area contributed by atoms with E-state index in [0.29, 0.717) is 25.4 Å². The van der Waals surface area contributed by atoms with Gasteiger partial charge in [-0.2, -0.15) is 0 Å². The molecule has 3 heterocycles. The van der Waals surface area contributed by atoms with Crippen LogP contribution in [-0.2, 0) is 29.6 Å². The number of carbonyl (C=O) groups excluding carboxylic acids is 2. The van der Waals surface area contributed by atoms with Crippen molar-refractivity contribution in [3.63, 3.8) is 0 Å². The van der Waals surface area contributed by atoms with E-state index in [1.165, 1.54) is 11.1 Å². The van der Waals surface area contributed by atoms with Crippen LogP contribution in [0.1, 0.15) is 42.9 Å². The minimum absolute atomic E-state index is 0.0680. The van der Waals surface area contributed by atoms with Crippen LogP contribution < -0.4 is 10.6 Å². The summed E-state index contributed by atoms with van der Waals surface area (Å²) < 4.78 is 1.73. The second-order valence-electron chi connectivity index (χ2n) is 10.5. The summed E-state index contributed by atoms with van der Waals surface area (Å²) in [5.74, 6) is 0.762. The molecule has 2 saturated heterocycles. The highest BCUT2D eigenvalue weighted by Gasteiger charge is 2.42. The Morgan fingerprint density at radius 1 is 1.08 bits per heavy atom. The van der Waals surface area contributed by atoms with Crippen LogP contribution >= 0.6 is 0 Å². The Kier molecular flexibility index (Phi) is 7.05. The summed E-state index contributed by atoms with van der Waals surface area (Å²) in [6, 6.07) is 13.8. The van der Waals surface area contributed by atoms with Crippen LogP contribution in [0.3, 0.4) is 0 Å². The second-order valence-corrected chi connectivity index (χ2v) is 10.5. The van der Waals surface area contributed by atoms with Gasteiger partial charge in [0.05, 0.1) is 11.6 Å². The molecule has 0 aliphatic carbocycles. The Hall–Kier alpha value is -3.26. The molecule has 8 nitrogen and oxygen atoms in total. The van der Waals surface area contributed by atoms with E-state index in [-0.39, 0.29) is 23.8 Å². The number of amides is 2. The molecule has 190 valence electrons. The molecule has 2 aromatic carbocycles. The topological polar surface area (TPSA) is 92.2 Å². The van der Waals surface area contributed by atoms with Crippen LogP contribution in [0.25, 0.3) is 11.0 Å². The van der Waals surface area contributed by atoms with Crippen molar-refractivity contribution >= 4 is 22.8 Å². The van der Waals surface area contributed by atoms with Crippen LogP contribution in [0.5, 0.6) is 0 Å². The maximum atomic E-state index is 13.6. The fourth-order valence-electron chi connectivity index (χ4n) is 5.63. The lowest BCUT2D eigenvalue weighted by Crippen LogP contribution is -2.51. The molecule has 1 aromatic heterocycles. The first-order valence-electron chi connectivity index (χ1n) is 13.1. The number of nitrogens with one attached hydrogen (secondary N) is 2. The van der Waals surface area contributed by atoms with Crippen molar-refractivity contribution in [1.82, 2.24) is 30.5 Å². The molecule has 0 unspecified atom stereocenters. The van der Waals surface area contributed by atoms with Gasteiger partial charge in [-0.1, -0.05) is 54.5 Å². The number of aromatic nitrogens is 3. The zero-order chi connectivity index (χ0) is 25.2. The lowest BCUT2D eigenvalue weighted by molar-refractivity contribution is -0.139. The predicted molar refractivity (Wildman–Crippen MR) is 139 cm³/mol. The molecule has 0 spiro atoms. The van der Waals surface area contributed by atoms with Gasteiger partial charge in [0, 0.05) is 20.1 Å². The van der Waals surface area contributed by atoms with Gasteiger partial charge in [-0.15, -0.1) is 5.10 Å². The lowest BCUT2D eigenvalue weighted by Gasteiger charge is -2.27. The summed E-state index contributed by atoms with van der Waals surface area (Å²) in [5, 5.41) is 14.7. The predicted octanol–water partition coefficient (Wildman–Crippen LogP) is 2.74. The van der Waals surface area contributed by atoms with Crippen LogP contribution in [0.2, 0.25) is 0 Å². The molecule has 5 rings (SSSR count). The normalized spacial score (nSPS) is 23.9. The molecule has 2 N–H and O–H groups in total. The zero-order valence-corrected chi connectivity index (χ0v) is 21.4. The Balaban J connectivity index is 1.29. The molecule has 0 saturated carbocycles. The van der Waals surface area contributed by atoms with Crippen LogP contribution in [-0.4, -0.2) is 56.9 Å². The molecule has 3 aromatic rings. The summed E-state index contributed by atoms with van der Waals surface area (Å²) >= 11 is 0. The molecule has 0 bridgehead atoms. The monoisotopic (exact) mass is 488 g/mol. The average Bonchev–Trinajstić information content (AvgIpc) is 3.62. The van der Waals surface area contributed by atoms with Gasteiger partial charge in [-0.3, -0.25) is 9.59 Å². The fourth-order valence-corrected chi connectivity index (χ4v) is 5.63. The smallest absolute Gasteiger partial charge is 0.243 e. The van der Waals surface area contributed by atoms with Gasteiger partial charge < -0.3 is 15.5 Å². The number of fused-ring (bicyclic) bond motifs is 1. The first-order valence-corrected chi connectivity index (χ1v) is 13.1. The number of aryl methyl sites for hydroxylation is 2. The number of hydrogen-bond donors (Lipinski definition) is 2. The van der Waals surface area contributed by atoms with Crippen molar-refractivity contribution in [2.45, 2.75) is 58.2 Å². The zero-order valence-electron chi connectivity index (χ0n) is 21.4. The summed E-state index contributed by atoms with van der Waals surface area (Å²) in [6.45, 7) is 6.13. The molecule has 36 heavy (non-hydrogen) atoms. The molecule has 8 heteroatoms. The van der Waals surface area contributed by atoms with Gasteiger partial charge >= 0.3 is 0 Å². The van der Waals surface area contributed by atoms with Crippen LogP contribution in [0.15, 0.2) is 42.5 Å². The van der Waals surface area contributed by atoms with Gasteiger partial charge in [-0.25, -0.2) is 4.68 Å². The van der Waals surface area contributed by atoms with E-state index in [1.54, 1.807) is 4.68 Å². The quantitative estimate of drug-likeness (QED) is 0.534. The summed E-state index contributed by atoms with van der Waals surface area (Å²) in [6.07, 6.45) is 3.46. The van der Waals surface area contributed by atoms with E-state index < -0.39 is 6.04 Å². The largest absolute Gasteiger partial charge is 0.350 e. The number of rotatable bonds is 7. The van der Waals surface area contributed by atoms with Gasteiger partial charge in [0.2, 0.25) is 11.8 Å². The summed E-state index contributed by atoms with van der Waals surface area (Å²) in [4.78, 5) is 28.8. The molecule has 4 atom stereocenters. The van der Waals surface area contributed by atoms with E-state index in [0.717, 1.165) is 42.4 Å². The summed E-state index contributed by atoms with van der Waals surface area (Å²) in [5.41, 5.74) is 5.20. The van der Waals surface area contributed by atoms with Crippen molar-refractivity contribution in [1.29, 1.82) is 0 Å². The number of hydrogen-bond acceptors (Lipinski definition) is 5. The highest BCUT2D eigenvalue weighted by molar-refractivity contribution is 5.90. The Bertz CT molecular complexity index is 1240. The number of carbonyl (C=O) groups is 2. The molecule has 2 amide bonds. The SMILES string of the molecule is CC[C@H]1CN[C@@H](C(=O)N2C[C@H](Cc3ccc(C)cc3)C[C@H]2C(=O)NCc2ccc3c(c2)nnn3C)C1. The first kappa shape index (κ1) is 24.4. The molecule has 2 fully saturated rings. The van der Waals surface area contributed by atoms with Gasteiger partial charge in [0.1, 0.15) is 11.6 Å². The second kappa shape index (κ2) is 10.4. The third-order valence-corrected chi connectivity index (χ3v) is 7.86. The minimum Gasteiger partial charge on any atom is -0.350 e. The van der Waals surface area contributed by atoms with E-state index in [1.807, 2.05) is 30.1 Å². The Morgan fingerprint density at radius 2 is 1.86 bits per heavy atom. The van der Waals surface area contributed by atoms with Crippen molar-refractivity contribution in [2.24, 2.45) is 18.9 Å². The van der Waals surface area contributed by atoms with Crippen molar-refractivity contribution < 1.29 is 9.59 Å². The van der Waals surface area contributed by atoms with Gasteiger partial charge in [-0.05, 0) is 67.8 Å². The highest BCUT2D eigenvalue weighted by Crippen LogP contribution is 2.29. The molecule has 0 radical (unpaired) electrons. The van der Waals surface area contributed by atoms with E-state index in [4.69, 9.17) is 0 Å². The Morgan fingerprint density at radius 3 is 2.61 bits per heavy atom. The fraction of sp³-hybridized carbons (Fsp3) is 0.500. The van der Waals surface area contributed by atoms with E-state index in [2.05, 4.69) is 59.1 Å². The van der Waals surface area contributed by atoms with E-state index >= 15 is 0 Å². The molecular formula is C28H36N6O2. The number of likely N-dealkylation sites (tertiary alicyclic amines) is 1. The standard InChI is InChI=1S/C28H36N6O2/c1-4-19-12-24(29-15-19)28(36)34-17-22(11-20-7-5-18(2)6-8-20)14-26(34)27(35)30-16-21-9-10-25-23(13-21)31-32-33(25)3/h5-10,13,19,22,24,26,29H,4,11-12,14-17H2,1-3H3,(H,30,35)/t19-,22-,24-,26+/m1/s1. The number of benzene rings is 2. The van der Waals surface area contributed by atoms with Crippen molar-refractivity contribution in [3.05, 3.63) is 59.2 Å². The maximum absolute atomic E-state index is 13.6. The third-order valence-electron chi connectivity index (χ3n) is 7.86. The molecular weight excluding hydrogens is 452 g/mol. The molecule has 2 aliphatic heterocycles. The van der Waals surface area contributed by atoms with Crippen LogP contribution in [0.4, 0.5) is 0 Å². The minimum atomic E-state index is -0.448. The van der Waals surface area contributed by atoms with E-state index in [9.17, 15) is 9.59 Å². The highest BCUT2D eigenvalue weighted by atomic mass is 16.2. The first-order chi connectivity index (χ1) is 17.4. The Labute approximate surface area is 212 Å². The third kappa shape index (κ3) is 5.14. The van der Waals surface area contributed by atoms with Crippen LogP contribution in [0, 0.1) is 18.8 Å². The maximum Gasteiger partial charge on any atom is 0.243 e. The lowest BCUT2D eigenvalue weighted by atomic mass is 9.96. The van der Waals surface area contributed by atoms with Gasteiger partial charge in [0.15, 0.2) is 0 Å². The summed E-state index contributed by atoms with van der Waals surface area (Å²) in [7, 11) is 1.86. The van der Waals surface area contributed by atoms with Gasteiger partial charge in [0.25, 0.3) is 0 Å².